The first-order valence-electron chi connectivity index (χ1n) is 7.70. The number of benzene rings is 1. The summed E-state index contributed by atoms with van der Waals surface area (Å²) in [6, 6.07) is 8.11. The van der Waals surface area contributed by atoms with Gasteiger partial charge in [0.1, 0.15) is 0 Å². The van der Waals surface area contributed by atoms with Gasteiger partial charge < -0.3 is 14.8 Å². The number of fused-ring (bicyclic) bond motifs is 1. The van der Waals surface area contributed by atoms with Crippen LogP contribution in [-0.4, -0.2) is 41.4 Å². The van der Waals surface area contributed by atoms with Crippen LogP contribution in [0.3, 0.4) is 0 Å². The first-order valence-corrected chi connectivity index (χ1v) is 7.70. The number of nitrogens with zero attached hydrogens (tertiary/aromatic N) is 2. The topological polar surface area (TPSA) is 54.3 Å². The molecule has 0 saturated carbocycles. The molecule has 2 rings (SSSR count). The van der Waals surface area contributed by atoms with E-state index in [9.17, 15) is 9.59 Å². The van der Waals surface area contributed by atoms with E-state index in [0.29, 0.717) is 13.1 Å². The number of para-hydroxylation sites is 1. The number of hydrogen-bond acceptors (Lipinski definition) is 2. The van der Waals surface area contributed by atoms with Crippen LogP contribution in [0.25, 0.3) is 17.0 Å². The van der Waals surface area contributed by atoms with Gasteiger partial charge in [0.25, 0.3) is 0 Å². The largest absolute Gasteiger partial charge is 0.356 e. The second-order valence-corrected chi connectivity index (χ2v) is 5.64. The molecule has 5 heteroatoms. The molecule has 1 heterocycles. The molecule has 0 spiro atoms. The lowest BCUT2D eigenvalue weighted by Crippen LogP contribution is -2.29. The Kier molecular flexibility index (Phi) is 5.57. The number of aromatic nitrogens is 1. The SMILES string of the molecule is CC(=O)NCCCN(C)C(=O)C=Cc1cn(C)c2ccccc12. The minimum atomic E-state index is -0.0465. The van der Waals surface area contributed by atoms with Gasteiger partial charge in [-0.2, -0.15) is 0 Å². The summed E-state index contributed by atoms with van der Waals surface area (Å²) in [5.74, 6) is -0.0874. The molecule has 0 fully saturated rings. The number of rotatable bonds is 6. The Morgan fingerprint density at radius 2 is 2.04 bits per heavy atom. The molecule has 0 bridgehead atoms. The third-order valence-electron chi connectivity index (χ3n) is 3.75. The summed E-state index contributed by atoms with van der Waals surface area (Å²) in [5.41, 5.74) is 2.17. The highest BCUT2D eigenvalue weighted by Crippen LogP contribution is 2.21. The summed E-state index contributed by atoms with van der Waals surface area (Å²) in [6.07, 6.45) is 6.21. The van der Waals surface area contributed by atoms with Crippen LogP contribution >= 0.6 is 0 Å². The van der Waals surface area contributed by atoms with Gasteiger partial charge in [0, 0.05) is 62.8 Å². The summed E-state index contributed by atoms with van der Waals surface area (Å²) < 4.78 is 2.05. The second kappa shape index (κ2) is 7.63. The fourth-order valence-corrected chi connectivity index (χ4v) is 2.48. The highest BCUT2D eigenvalue weighted by molar-refractivity contribution is 5.96. The van der Waals surface area contributed by atoms with E-state index in [2.05, 4.69) is 22.0 Å². The zero-order valence-electron chi connectivity index (χ0n) is 13.9. The summed E-state index contributed by atoms with van der Waals surface area (Å²) in [5, 5.41) is 3.85. The highest BCUT2D eigenvalue weighted by atomic mass is 16.2. The Hall–Kier alpha value is -2.56. The number of nitrogens with one attached hydrogen (secondary N) is 1. The number of likely N-dealkylation sites (N-methyl/N-ethyl adjacent to an activating group) is 1. The van der Waals surface area contributed by atoms with Crippen LogP contribution in [0.2, 0.25) is 0 Å². The quantitative estimate of drug-likeness (QED) is 0.656. The van der Waals surface area contributed by atoms with Crippen LogP contribution in [0.5, 0.6) is 0 Å². The molecule has 1 aromatic heterocycles. The summed E-state index contributed by atoms with van der Waals surface area (Å²) in [4.78, 5) is 24.6. The van der Waals surface area contributed by atoms with Gasteiger partial charge in [0.15, 0.2) is 0 Å². The normalized spacial score (nSPS) is 11.1. The van der Waals surface area contributed by atoms with E-state index in [1.165, 1.54) is 6.92 Å². The van der Waals surface area contributed by atoms with E-state index in [1.807, 2.05) is 31.5 Å². The van der Waals surface area contributed by atoms with Crippen LogP contribution in [-0.2, 0) is 16.6 Å². The standard InChI is InChI=1S/C18H23N3O2/c1-14(22)19-11-6-12-20(2)18(23)10-9-15-13-21(3)17-8-5-4-7-16(15)17/h4-5,7-10,13H,6,11-12H2,1-3H3,(H,19,22). The Bertz CT molecular complexity index is 731. The van der Waals surface area contributed by atoms with Crippen molar-refractivity contribution in [2.75, 3.05) is 20.1 Å². The lowest BCUT2D eigenvalue weighted by atomic mass is 10.1. The van der Waals surface area contributed by atoms with Gasteiger partial charge in [-0.05, 0) is 18.6 Å². The minimum Gasteiger partial charge on any atom is -0.356 e. The van der Waals surface area contributed by atoms with Gasteiger partial charge in [0.2, 0.25) is 11.8 Å². The van der Waals surface area contributed by atoms with E-state index in [1.54, 1.807) is 18.0 Å². The first-order chi connectivity index (χ1) is 11.0. The zero-order valence-corrected chi connectivity index (χ0v) is 13.9. The number of hydrogen-bond donors (Lipinski definition) is 1. The summed E-state index contributed by atoms with van der Waals surface area (Å²) in [7, 11) is 3.76. The lowest BCUT2D eigenvalue weighted by molar-refractivity contribution is -0.124. The van der Waals surface area contributed by atoms with Crippen molar-refractivity contribution in [3.05, 3.63) is 42.1 Å². The van der Waals surface area contributed by atoms with E-state index < -0.39 is 0 Å². The molecular weight excluding hydrogens is 290 g/mol. The maximum Gasteiger partial charge on any atom is 0.246 e. The van der Waals surface area contributed by atoms with Crippen LogP contribution in [0, 0.1) is 0 Å². The molecule has 0 aliphatic carbocycles. The van der Waals surface area contributed by atoms with Crippen molar-refractivity contribution in [1.82, 2.24) is 14.8 Å². The van der Waals surface area contributed by atoms with Crippen LogP contribution in [0.1, 0.15) is 18.9 Å². The smallest absolute Gasteiger partial charge is 0.246 e. The summed E-state index contributed by atoms with van der Waals surface area (Å²) >= 11 is 0. The van der Waals surface area contributed by atoms with Crippen molar-refractivity contribution in [1.29, 1.82) is 0 Å². The zero-order chi connectivity index (χ0) is 16.8. The van der Waals surface area contributed by atoms with E-state index in [0.717, 1.165) is 22.9 Å². The third-order valence-corrected chi connectivity index (χ3v) is 3.75. The number of carbonyl (C=O) groups excluding carboxylic acids is 2. The predicted molar refractivity (Wildman–Crippen MR) is 92.9 cm³/mol. The molecule has 2 aromatic rings. The van der Waals surface area contributed by atoms with Gasteiger partial charge in [-0.1, -0.05) is 18.2 Å². The number of amides is 2. The van der Waals surface area contributed by atoms with Gasteiger partial charge in [-0.3, -0.25) is 9.59 Å². The second-order valence-electron chi connectivity index (χ2n) is 5.64. The molecule has 5 nitrogen and oxygen atoms in total. The average molecular weight is 313 g/mol. The van der Waals surface area contributed by atoms with Crippen LogP contribution in [0.4, 0.5) is 0 Å². The monoisotopic (exact) mass is 313 g/mol. The van der Waals surface area contributed by atoms with Gasteiger partial charge in [0.05, 0.1) is 0 Å². The molecule has 1 aromatic carbocycles. The highest BCUT2D eigenvalue weighted by Gasteiger charge is 2.06. The predicted octanol–water partition coefficient (Wildman–Crippen LogP) is 2.18. The maximum absolute atomic E-state index is 12.1. The maximum atomic E-state index is 12.1. The summed E-state index contributed by atoms with van der Waals surface area (Å²) in [6.45, 7) is 2.68. The molecule has 0 aliphatic heterocycles. The van der Waals surface area contributed by atoms with Gasteiger partial charge >= 0.3 is 0 Å². The van der Waals surface area contributed by atoms with Gasteiger partial charge in [-0.25, -0.2) is 0 Å². The molecule has 0 atom stereocenters. The molecule has 0 saturated heterocycles. The van der Waals surface area contributed by atoms with Crippen molar-refractivity contribution in [3.63, 3.8) is 0 Å². The molecule has 1 N–H and O–H groups in total. The van der Waals surface area contributed by atoms with E-state index >= 15 is 0 Å². The van der Waals surface area contributed by atoms with E-state index in [-0.39, 0.29) is 11.8 Å². The molecule has 0 radical (unpaired) electrons. The number of aryl methyl sites for hydroxylation is 1. The Morgan fingerprint density at radius 3 is 2.78 bits per heavy atom. The Morgan fingerprint density at radius 1 is 1.30 bits per heavy atom. The van der Waals surface area contributed by atoms with Crippen molar-refractivity contribution >= 4 is 28.8 Å². The van der Waals surface area contributed by atoms with Crippen LogP contribution < -0.4 is 5.32 Å². The molecule has 23 heavy (non-hydrogen) atoms. The van der Waals surface area contributed by atoms with Crippen molar-refractivity contribution in [2.24, 2.45) is 7.05 Å². The Balaban J connectivity index is 1.95. The average Bonchev–Trinajstić information content (AvgIpc) is 2.85. The molecule has 2 amide bonds. The number of carbonyl (C=O) groups is 2. The molecule has 122 valence electrons. The third kappa shape index (κ3) is 4.45. The minimum absolute atomic E-state index is 0.0410. The van der Waals surface area contributed by atoms with E-state index in [4.69, 9.17) is 0 Å². The first kappa shape index (κ1) is 16.8. The lowest BCUT2D eigenvalue weighted by Gasteiger charge is -2.14. The molecule has 0 unspecified atom stereocenters. The fraction of sp³-hybridized carbons (Fsp3) is 0.333. The van der Waals surface area contributed by atoms with Crippen molar-refractivity contribution in [2.45, 2.75) is 13.3 Å². The fourth-order valence-electron chi connectivity index (χ4n) is 2.48. The van der Waals surface area contributed by atoms with Crippen LogP contribution in [0.15, 0.2) is 36.5 Å². The van der Waals surface area contributed by atoms with Crippen molar-refractivity contribution < 1.29 is 9.59 Å². The van der Waals surface area contributed by atoms with Crippen molar-refractivity contribution in [3.8, 4) is 0 Å². The Labute approximate surface area is 136 Å². The van der Waals surface area contributed by atoms with Gasteiger partial charge in [-0.15, -0.1) is 0 Å². The molecule has 0 aliphatic rings. The molecular formula is C18H23N3O2.